The standard InChI is InChI=1S/C18H24N6.HI/c19-18(21-15-9-8-13-5-4-6-14(13)11-15)20-12-17-23-22-16-7-2-1-3-10-24(16)17;/h8-9,11H,1-7,10,12H2,(H3,19,20,21);1H. The number of nitrogens with two attached hydrogens (primary N) is 1. The van der Waals surface area contributed by atoms with Crippen LogP contribution in [0.5, 0.6) is 0 Å². The summed E-state index contributed by atoms with van der Waals surface area (Å²) in [6, 6.07) is 6.46. The summed E-state index contributed by atoms with van der Waals surface area (Å²) in [5.74, 6) is 2.42. The maximum Gasteiger partial charge on any atom is 0.193 e. The van der Waals surface area contributed by atoms with Crippen molar-refractivity contribution in [3.63, 3.8) is 0 Å². The number of benzene rings is 1. The van der Waals surface area contributed by atoms with Gasteiger partial charge in [-0.1, -0.05) is 12.5 Å². The van der Waals surface area contributed by atoms with Gasteiger partial charge in [-0.05, 0) is 55.4 Å². The zero-order chi connectivity index (χ0) is 16.4. The van der Waals surface area contributed by atoms with Crippen molar-refractivity contribution in [1.82, 2.24) is 14.8 Å². The molecule has 0 amide bonds. The van der Waals surface area contributed by atoms with E-state index in [2.05, 4.69) is 43.3 Å². The summed E-state index contributed by atoms with van der Waals surface area (Å²) in [6.07, 6.45) is 8.26. The molecule has 0 bridgehead atoms. The molecule has 1 aromatic heterocycles. The summed E-state index contributed by atoms with van der Waals surface area (Å²) in [7, 11) is 0. The van der Waals surface area contributed by atoms with Crippen LogP contribution in [0.2, 0.25) is 0 Å². The van der Waals surface area contributed by atoms with Gasteiger partial charge in [0.2, 0.25) is 0 Å². The number of nitrogens with zero attached hydrogens (tertiary/aromatic N) is 4. The summed E-state index contributed by atoms with van der Waals surface area (Å²) >= 11 is 0. The van der Waals surface area contributed by atoms with Gasteiger partial charge >= 0.3 is 0 Å². The lowest BCUT2D eigenvalue weighted by Gasteiger charge is -2.08. The predicted octanol–water partition coefficient (Wildman–Crippen LogP) is 3.04. The number of hydrogen-bond donors (Lipinski definition) is 2. The Morgan fingerprint density at radius 1 is 1.08 bits per heavy atom. The summed E-state index contributed by atoms with van der Waals surface area (Å²) in [4.78, 5) is 4.45. The van der Waals surface area contributed by atoms with Gasteiger partial charge in [0.1, 0.15) is 12.4 Å². The Bertz CT molecular complexity index is 767. The van der Waals surface area contributed by atoms with Gasteiger partial charge in [0.05, 0.1) is 0 Å². The quantitative estimate of drug-likeness (QED) is 0.426. The topological polar surface area (TPSA) is 81.1 Å². The smallest absolute Gasteiger partial charge is 0.193 e. The minimum absolute atomic E-state index is 0. The Balaban J connectivity index is 0.00000182. The Labute approximate surface area is 165 Å². The summed E-state index contributed by atoms with van der Waals surface area (Å²) in [6.45, 7) is 1.46. The van der Waals surface area contributed by atoms with Gasteiger partial charge in [-0.2, -0.15) is 0 Å². The minimum atomic E-state index is 0. The van der Waals surface area contributed by atoms with E-state index in [1.807, 2.05) is 0 Å². The van der Waals surface area contributed by atoms with Crippen molar-refractivity contribution in [2.24, 2.45) is 10.7 Å². The minimum Gasteiger partial charge on any atom is -0.370 e. The second-order valence-electron chi connectivity index (χ2n) is 6.66. The molecular formula is C18H25IN6. The lowest BCUT2D eigenvalue weighted by Crippen LogP contribution is -2.23. The summed E-state index contributed by atoms with van der Waals surface area (Å²) in [5, 5.41) is 11.8. The highest BCUT2D eigenvalue weighted by Gasteiger charge is 2.14. The third-order valence-electron chi connectivity index (χ3n) is 4.95. The van der Waals surface area contributed by atoms with E-state index in [4.69, 9.17) is 5.73 Å². The molecule has 25 heavy (non-hydrogen) atoms. The molecule has 0 unspecified atom stereocenters. The van der Waals surface area contributed by atoms with E-state index >= 15 is 0 Å². The number of aromatic nitrogens is 3. The van der Waals surface area contributed by atoms with Crippen molar-refractivity contribution < 1.29 is 0 Å². The molecule has 2 heterocycles. The van der Waals surface area contributed by atoms with Crippen LogP contribution >= 0.6 is 24.0 Å². The molecular weight excluding hydrogens is 427 g/mol. The average molecular weight is 452 g/mol. The lowest BCUT2D eigenvalue weighted by molar-refractivity contribution is 0.606. The number of guanidine groups is 1. The Morgan fingerprint density at radius 3 is 2.88 bits per heavy atom. The van der Waals surface area contributed by atoms with Crippen molar-refractivity contribution >= 4 is 35.6 Å². The molecule has 0 radical (unpaired) electrons. The maximum absolute atomic E-state index is 6.06. The van der Waals surface area contributed by atoms with Gasteiger partial charge in [0.15, 0.2) is 11.8 Å². The van der Waals surface area contributed by atoms with Crippen LogP contribution in [0.25, 0.3) is 0 Å². The van der Waals surface area contributed by atoms with Crippen LogP contribution in [0, 0.1) is 0 Å². The van der Waals surface area contributed by atoms with Crippen LogP contribution in [0.4, 0.5) is 5.69 Å². The first-order valence-corrected chi connectivity index (χ1v) is 8.89. The number of aliphatic imine (C=N–C) groups is 1. The third kappa shape index (κ3) is 4.13. The second-order valence-corrected chi connectivity index (χ2v) is 6.66. The van der Waals surface area contributed by atoms with Crippen LogP contribution < -0.4 is 11.1 Å². The van der Waals surface area contributed by atoms with E-state index in [0.29, 0.717) is 12.5 Å². The number of halogens is 1. The fraction of sp³-hybridized carbons (Fsp3) is 0.500. The lowest BCUT2D eigenvalue weighted by atomic mass is 10.1. The van der Waals surface area contributed by atoms with Gasteiger partial charge in [-0.3, -0.25) is 0 Å². The van der Waals surface area contributed by atoms with E-state index in [-0.39, 0.29) is 24.0 Å². The van der Waals surface area contributed by atoms with Crippen molar-refractivity contribution in [2.75, 3.05) is 5.32 Å². The van der Waals surface area contributed by atoms with Gasteiger partial charge in [0.25, 0.3) is 0 Å². The van der Waals surface area contributed by atoms with Crippen LogP contribution in [0.1, 0.15) is 48.5 Å². The van der Waals surface area contributed by atoms with E-state index in [1.165, 1.54) is 43.2 Å². The van der Waals surface area contributed by atoms with Gasteiger partial charge in [0, 0.05) is 18.7 Å². The molecule has 6 nitrogen and oxygen atoms in total. The monoisotopic (exact) mass is 452 g/mol. The second kappa shape index (κ2) is 8.16. The molecule has 0 spiro atoms. The molecule has 2 aromatic rings. The molecule has 1 aliphatic heterocycles. The summed E-state index contributed by atoms with van der Waals surface area (Å²) in [5.41, 5.74) is 9.95. The van der Waals surface area contributed by atoms with Gasteiger partial charge in [-0.15, -0.1) is 34.2 Å². The zero-order valence-electron chi connectivity index (χ0n) is 14.4. The highest BCUT2D eigenvalue weighted by atomic mass is 127. The van der Waals surface area contributed by atoms with Gasteiger partial charge < -0.3 is 15.6 Å². The maximum atomic E-state index is 6.06. The molecule has 1 aromatic carbocycles. The molecule has 2 aliphatic rings. The molecule has 0 saturated heterocycles. The van der Waals surface area contributed by atoms with Crippen molar-refractivity contribution in [2.45, 2.75) is 58.0 Å². The molecule has 4 rings (SSSR count). The van der Waals surface area contributed by atoms with Crippen LogP contribution in [0.3, 0.4) is 0 Å². The molecule has 134 valence electrons. The van der Waals surface area contributed by atoms with E-state index in [0.717, 1.165) is 36.7 Å². The summed E-state index contributed by atoms with van der Waals surface area (Å²) < 4.78 is 2.21. The number of rotatable bonds is 3. The first-order valence-electron chi connectivity index (χ1n) is 8.89. The van der Waals surface area contributed by atoms with E-state index in [9.17, 15) is 0 Å². The first kappa shape index (κ1) is 18.2. The number of hydrogen-bond acceptors (Lipinski definition) is 3. The first-order chi connectivity index (χ1) is 11.8. The van der Waals surface area contributed by atoms with Crippen molar-refractivity contribution in [1.29, 1.82) is 0 Å². The molecule has 3 N–H and O–H groups in total. The van der Waals surface area contributed by atoms with E-state index < -0.39 is 0 Å². The fourth-order valence-corrected chi connectivity index (χ4v) is 3.66. The van der Waals surface area contributed by atoms with E-state index in [1.54, 1.807) is 0 Å². The number of nitrogens with one attached hydrogen (secondary N) is 1. The molecule has 0 fully saturated rings. The highest BCUT2D eigenvalue weighted by molar-refractivity contribution is 14.0. The SMILES string of the molecule is I.NC(=NCc1nnc2n1CCCCC2)Nc1ccc2c(c1)CCC2. The molecule has 0 saturated carbocycles. The molecule has 0 atom stereocenters. The third-order valence-corrected chi connectivity index (χ3v) is 4.95. The highest BCUT2D eigenvalue weighted by Crippen LogP contribution is 2.24. The Morgan fingerprint density at radius 2 is 1.96 bits per heavy atom. The van der Waals surface area contributed by atoms with Crippen LogP contribution in [-0.4, -0.2) is 20.7 Å². The molecule has 7 heteroatoms. The Kier molecular flexibility index (Phi) is 5.93. The normalized spacial score (nSPS) is 16.6. The van der Waals surface area contributed by atoms with Crippen LogP contribution in [-0.2, 0) is 32.4 Å². The Hall–Kier alpha value is -1.64. The molecule has 1 aliphatic carbocycles. The predicted molar refractivity (Wildman–Crippen MR) is 110 cm³/mol. The van der Waals surface area contributed by atoms with Crippen molar-refractivity contribution in [3.05, 3.63) is 41.0 Å². The number of aryl methyl sites for hydroxylation is 3. The largest absolute Gasteiger partial charge is 0.370 e. The number of anilines is 1. The number of fused-ring (bicyclic) bond motifs is 2. The van der Waals surface area contributed by atoms with Gasteiger partial charge in [-0.25, -0.2) is 4.99 Å². The fourth-order valence-electron chi connectivity index (χ4n) is 3.66. The van der Waals surface area contributed by atoms with Crippen molar-refractivity contribution in [3.8, 4) is 0 Å². The van der Waals surface area contributed by atoms with Crippen LogP contribution in [0.15, 0.2) is 23.2 Å². The average Bonchev–Trinajstić information content (AvgIpc) is 3.13. The zero-order valence-corrected chi connectivity index (χ0v) is 16.7.